The van der Waals surface area contributed by atoms with E-state index >= 15 is 0 Å². The Kier molecular flexibility index (Phi) is 5.02. The molecular weight excluding hydrogens is 288 g/mol. The van der Waals surface area contributed by atoms with Crippen molar-refractivity contribution in [3.63, 3.8) is 0 Å². The number of aryl methyl sites for hydroxylation is 1. The van der Waals surface area contributed by atoms with Gasteiger partial charge in [0.1, 0.15) is 5.82 Å². The van der Waals surface area contributed by atoms with Gasteiger partial charge in [-0.1, -0.05) is 6.07 Å². The second kappa shape index (κ2) is 7.37. The zero-order valence-electron chi connectivity index (χ0n) is 13.8. The first-order valence-electron chi connectivity index (χ1n) is 8.15. The minimum absolute atomic E-state index is 0.318. The molecule has 6 nitrogen and oxygen atoms in total. The van der Waals surface area contributed by atoms with Gasteiger partial charge < -0.3 is 10.2 Å². The first-order valence-corrected chi connectivity index (χ1v) is 8.15. The van der Waals surface area contributed by atoms with Crippen LogP contribution in [0.25, 0.3) is 0 Å². The van der Waals surface area contributed by atoms with Gasteiger partial charge in [-0.25, -0.2) is 15.0 Å². The number of nitrogens with one attached hydrogen (secondary N) is 1. The van der Waals surface area contributed by atoms with Crippen molar-refractivity contribution in [3.05, 3.63) is 42.4 Å². The zero-order valence-corrected chi connectivity index (χ0v) is 13.8. The lowest BCUT2D eigenvalue weighted by Gasteiger charge is -2.36. The Bertz CT molecular complexity index is 609. The van der Waals surface area contributed by atoms with Crippen LogP contribution < -0.4 is 10.2 Å². The third-order valence-electron chi connectivity index (χ3n) is 4.05. The zero-order chi connectivity index (χ0) is 16.1. The Hall–Kier alpha value is -2.21. The van der Waals surface area contributed by atoms with Gasteiger partial charge in [-0.2, -0.15) is 0 Å². The number of nitrogens with zero attached hydrogens (tertiary/aromatic N) is 5. The third-order valence-corrected chi connectivity index (χ3v) is 4.05. The summed E-state index contributed by atoms with van der Waals surface area (Å²) in [7, 11) is 0. The second-order valence-corrected chi connectivity index (χ2v) is 6.04. The highest BCUT2D eigenvalue weighted by atomic mass is 15.3. The van der Waals surface area contributed by atoms with Crippen LogP contribution in [-0.4, -0.2) is 58.6 Å². The lowest BCUT2D eigenvalue weighted by atomic mass is 10.2. The maximum absolute atomic E-state index is 4.43. The first kappa shape index (κ1) is 15.7. The molecule has 0 radical (unpaired) electrons. The standard InChI is InChI=1S/C17H24N6/c1-14-6-8-19-17(20-14)21-15(2)13-22-9-11-23(12-10-22)16-5-3-4-7-18-16/h3-8,15H,9-13H2,1-2H3,(H,19,20,21). The Balaban J connectivity index is 1.47. The summed E-state index contributed by atoms with van der Waals surface area (Å²) in [6.07, 6.45) is 3.65. The minimum Gasteiger partial charge on any atom is -0.354 e. The summed E-state index contributed by atoms with van der Waals surface area (Å²) in [5.74, 6) is 1.79. The number of hydrogen-bond donors (Lipinski definition) is 1. The van der Waals surface area contributed by atoms with Crippen molar-refractivity contribution in [2.24, 2.45) is 0 Å². The smallest absolute Gasteiger partial charge is 0.223 e. The molecular formula is C17H24N6. The summed E-state index contributed by atoms with van der Waals surface area (Å²) in [6.45, 7) is 9.29. The number of anilines is 2. The molecule has 1 aliphatic heterocycles. The molecule has 0 amide bonds. The highest BCUT2D eigenvalue weighted by Gasteiger charge is 2.19. The van der Waals surface area contributed by atoms with E-state index in [2.05, 4.69) is 43.1 Å². The van der Waals surface area contributed by atoms with E-state index in [1.807, 2.05) is 31.3 Å². The summed E-state index contributed by atoms with van der Waals surface area (Å²) in [5.41, 5.74) is 0.985. The first-order chi connectivity index (χ1) is 11.2. The molecule has 1 fully saturated rings. The summed E-state index contributed by atoms with van der Waals surface area (Å²) >= 11 is 0. The molecule has 1 saturated heterocycles. The summed E-state index contributed by atoms with van der Waals surface area (Å²) in [5, 5.41) is 3.38. The predicted molar refractivity (Wildman–Crippen MR) is 92.7 cm³/mol. The molecule has 0 saturated carbocycles. The van der Waals surface area contributed by atoms with Crippen molar-refractivity contribution in [2.75, 3.05) is 42.9 Å². The van der Waals surface area contributed by atoms with Gasteiger partial charge in [0.25, 0.3) is 0 Å². The summed E-state index contributed by atoms with van der Waals surface area (Å²) < 4.78 is 0. The highest BCUT2D eigenvalue weighted by molar-refractivity contribution is 5.38. The molecule has 6 heteroatoms. The normalized spacial score (nSPS) is 17.0. The lowest BCUT2D eigenvalue weighted by Crippen LogP contribution is -2.49. The number of hydrogen-bond acceptors (Lipinski definition) is 6. The maximum atomic E-state index is 4.43. The van der Waals surface area contributed by atoms with Gasteiger partial charge >= 0.3 is 0 Å². The minimum atomic E-state index is 0.318. The molecule has 122 valence electrons. The van der Waals surface area contributed by atoms with Crippen LogP contribution in [0.2, 0.25) is 0 Å². The Labute approximate surface area is 137 Å². The molecule has 1 aliphatic rings. The molecule has 0 bridgehead atoms. The maximum Gasteiger partial charge on any atom is 0.223 e. The average Bonchev–Trinajstić information content (AvgIpc) is 2.56. The molecule has 1 atom stereocenters. The van der Waals surface area contributed by atoms with Gasteiger partial charge in [-0.3, -0.25) is 4.90 Å². The molecule has 2 aromatic rings. The van der Waals surface area contributed by atoms with Crippen LogP contribution in [0.3, 0.4) is 0 Å². The fourth-order valence-electron chi connectivity index (χ4n) is 2.87. The molecule has 1 unspecified atom stereocenters. The highest BCUT2D eigenvalue weighted by Crippen LogP contribution is 2.13. The fourth-order valence-corrected chi connectivity index (χ4v) is 2.87. The molecule has 0 spiro atoms. The van der Waals surface area contributed by atoms with Crippen molar-refractivity contribution in [1.82, 2.24) is 19.9 Å². The molecule has 3 rings (SSSR count). The van der Waals surface area contributed by atoms with Crippen LogP contribution in [-0.2, 0) is 0 Å². The quantitative estimate of drug-likeness (QED) is 0.908. The van der Waals surface area contributed by atoms with Crippen molar-refractivity contribution >= 4 is 11.8 Å². The molecule has 3 heterocycles. The van der Waals surface area contributed by atoms with Crippen LogP contribution in [0.1, 0.15) is 12.6 Å². The van der Waals surface area contributed by atoms with E-state index in [0.29, 0.717) is 12.0 Å². The Morgan fingerprint density at radius 2 is 1.91 bits per heavy atom. The second-order valence-electron chi connectivity index (χ2n) is 6.04. The number of rotatable bonds is 5. The van der Waals surface area contributed by atoms with Gasteiger partial charge in [0.2, 0.25) is 5.95 Å². The third kappa shape index (κ3) is 4.39. The van der Waals surface area contributed by atoms with E-state index in [1.54, 1.807) is 6.20 Å². The van der Waals surface area contributed by atoms with Gasteiger partial charge in [-0.05, 0) is 32.0 Å². The predicted octanol–water partition coefficient (Wildman–Crippen LogP) is 1.80. The Morgan fingerprint density at radius 1 is 1.09 bits per heavy atom. The van der Waals surface area contributed by atoms with Crippen LogP contribution in [0.15, 0.2) is 36.7 Å². The van der Waals surface area contributed by atoms with E-state index in [-0.39, 0.29) is 0 Å². The van der Waals surface area contributed by atoms with Crippen LogP contribution in [0.5, 0.6) is 0 Å². The summed E-state index contributed by atoms with van der Waals surface area (Å²) in [6, 6.07) is 8.31. The van der Waals surface area contributed by atoms with E-state index in [4.69, 9.17) is 0 Å². The topological polar surface area (TPSA) is 57.2 Å². The number of pyridine rings is 1. The van der Waals surface area contributed by atoms with E-state index in [9.17, 15) is 0 Å². The van der Waals surface area contributed by atoms with E-state index in [0.717, 1.165) is 44.2 Å². The Morgan fingerprint density at radius 3 is 2.61 bits per heavy atom. The fraction of sp³-hybridized carbons (Fsp3) is 0.471. The molecule has 0 aromatic carbocycles. The SMILES string of the molecule is Cc1ccnc(NC(C)CN2CCN(c3ccccn3)CC2)n1. The average molecular weight is 312 g/mol. The van der Waals surface area contributed by atoms with E-state index in [1.165, 1.54) is 0 Å². The van der Waals surface area contributed by atoms with E-state index < -0.39 is 0 Å². The largest absolute Gasteiger partial charge is 0.354 e. The molecule has 23 heavy (non-hydrogen) atoms. The van der Waals surface area contributed by atoms with Crippen LogP contribution >= 0.6 is 0 Å². The van der Waals surface area contributed by atoms with Crippen molar-refractivity contribution in [3.8, 4) is 0 Å². The lowest BCUT2D eigenvalue weighted by molar-refractivity contribution is 0.250. The van der Waals surface area contributed by atoms with Gasteiger partial charge in [0, 0.05) is 56.9 Å². The van der Waals surface area contributed by atoms with Crippen molar-refractivity contribution in [2.45, 2.75) is 19.9 Å². The van der Waals surface area contributed by atoms with Crippen LogP contribution in [0, 0.1) is 6.92 Å². The number of piperazine rings is 1. The summed E-state index contributed by atoms with van der Waals surface area (Å²) in [4.78, 5) is 17.9. The van der Waals surface area contributed by atoms with Gasteiger partial charge in [0.05, 0.1) is 0 Å². The van der Waals surface area contributed by atoms with Crippen molar-refractivity contribution < 1.29 is 0 Å². The monoisotopic (exact) mass is 312 g/mol. The molecule has 2 aromatic heterocycles. The van der Waals surface area contributed by atoms with Crippen LogP contribution in [0.4, 0.5) is 11.8 Å². The van der Waals surface area contributed by atoms with Crippen molar-refractivity contribution in [1.29, 1.82) is 0 Å². The number of aromatic nitrogens is 3. The van der Waals surface area contributed by atoms with Gasteiger partial charge in [-0.15, -0.1) is 0 Å². The molecule has 1 N–H and O–H groups in total. The molecule has 0 aliphatic carbocycles. The van der Waals surface area contributed by atoms with Gasteiger partial charge in [0.15, 0.2) is 0 Å².